The molecule has 4 rings (SSSR count). The Bertz CT molecular complexity index is 951. The lowest BCUT2D eigenvalue weighted by Crippen LogP contribution is -2.48. The normalized spacial score (nSPS) is 14.6. The van der Waals surface area contributed by atoms with E-state index in [1.54, 1.807) is 18.3 Å². The zero-order valence-electron chi connectivity index (χ0n) is 14.0. The summed E-state index contributed by atoms with van der Waals surface area (Å²) in [6, 6.07) is 12.9. The van der Waals surface area contributed by atoms with Crippen molar-refractivity contribution in [2.24, 2.45) is 0 Å². The Hall–Kier alpha value is -3.35. The summed E-state index contributed by atoms with van der Waals surface area (Å²) in [4.78, 5) is 23.7. The van der Waals surface area contributed by atoms with Gasteiger partial charge in [-0.2, -0.15) is 0 Å². The molecule has 1 amide bonds. The van der Waals surface area contributed by atoms with Crippen molar-refractivity contribution in [1.29, 1.82) is 0 Å². The van der Waals surface area contributed by atoms with Gasteiger partial charge in [0, 0.05) is 26.2 Å². The average Bonchev–Trinajstić information content (AvgIpc) is 2.68. The van der Waals surface area contributed by atoms with Crippen LogP contribution in [0.5, 0.6) is 5.75 Å². The van der Waals surface area contributed by atoms with Crippen LogP contribution >= 0.6 is 0 Å². The second-order valence-corrected chi connectivity index (χ2v) is 6.24. The summed E-state index contributed by atoms with van der Waals surface area (Å²) in [7, 11) is 0. The van der Waals surface area contributed by atoms with Gasteiger partial charge >= 0.3 is 6.09 Å². The fraction of sp³-hybridized carbons (Fsp3) is 0.211. The Morgan fingerprint density at radius 2 is 1.62 bits per heavy atom. The summed E-state index contributed by atoms with van der Waals surface area (Å²) in [5, 5.41) is 18.5. The maximum atomic E-state index is 11.0. The van der Waals surface area contributed by atoms with Crippen LogP contribution in [-0.2, 0) is 0 Å². The number of carbonyl (C=O) groups is 1. The molecule has 2 N–H and O–H groups in total. The molecule has 1 aromatic heterocycles. The lowest BCUT2D eigenvalue weighted by Gasteiger charge is -2.33. The number of phenols is 1. The zero-order valence-corrected chi connectivity index (χ0v) is 14.0. The van der Waals surface area contributed by atoms with Crippen molar-refractivity contribution in [2.45, 2.75) is 0 Å². The molecule has 0 radical (unpaired) electrons. The molecular formula is C19H18N4O3. The van der Waals surface area contributed by atoms with Crippen molar-refractivity contribution in [3.8, 4) is 16.9 Å². The summed E-state index contributed by atoms with van der Waals surface area (Å²) in [6.07, 6.45) is 0.853. The second-order valence-electron chi connectivity index (χ2n) is 6.24. The summed E-state index contributed by atoms with van der Waals surface area (Å²) in [5.41, 5.74) is 3.58. The Kier molecular flexibility index (Phi) is 4.04. The number of rotatable bonds is 2. The summed E-state index contributed by atoms with van der Waals surface area (Å²) in [6.45, 7) is 2.12. The monoisotopic (exact) mass is 350 g/mol. The van der Waals surface area contributed by atoms with Crippen LogP contribution in [0.1, 0.15) is 0 Å². The van der Waals surface area contributed by atoms with Gasteiger partial charge in [0.25, 0.3) is 0 Å². The van der Waals surface area contributed by atoms with E-state index in [2.05, 4.69) is 9.88 Å². The Balaban J connectivity index is 1.62. The summed E-state index contributed by atoms with van der Waals surface area (Å²) < 4.78 is 0. The zero-order chi connectivity index (χ0) is 18.1. The third kappa shape index (κ3) is 3.11. The van der Waals surface area contributed by atoms with Gasteiger partial charge in [-0.1, -0.05) is 18.2 Å². The van der Waals surface area contributed by atoms with Crippen LogP contribution in [0.4, 0.5) is 10.6 Å². The van der Waals surface area contributed by atoms with Crippen LogP contribution in [0.15, 0.2) is 48.7 Å². The number of anilines is 1. The molecule has 0 bridgehead atoms. The fourth-order valence-corrected chi connectivity index (χ4v) is 3.11. The van der Waals surface area contributed by atoms with Crippen LogP contribution < -0.4 is 4.90 Å². The molecule has 2 heterocycles. The number of benzene rings is 2. The predicted octanol–water partition coefficient (Wildman–Crippen LogP) is 2.80. The fourth-order valence-electron chi connectivity index (χ4n) is 3.11. The average molecular weight is 350 g/mol. The molecule has 0 atom stereocenters. The van der Waals surface area contributed by atoms with E-state index in [1.165, 1.54) is 4.90 Å². The van der Waals surface area contributed by atoms with Crippen molar-refractivity contribution in [2.75, 3.05) is 31.1 Å². The molecule has 7 nitrogen and oxygen atoms in total. The van der Waals surface area contributed by atoms with E-state index >= 15 is 0 Å². The topological polar surface area (TPSA) is 89.8 Å². The number of phenolic OH excluding ortho intramolecular Hbond substituents is 1. The van der Waals surface area contributed by atoms with E-state index in [0.29, 0.717) is 26.2 Å². The van der Waals surface area contributed by atoms with E-state index in [9.17, 15) is 9.90 Å². The third-order valence-electron chi connectivity index (χ3n) is 4.60. The molecule has 0 saturated carbocycles. The molecule has 1 aliphatic heterocycles. The van der Waals surface area contributed by atoms with Gasteiger partial charge in [-0.05, 0) is 35.4 Å². The minimum absolute atomic E-state index is 0.233. The minimum atomic E-state index is -0.882. The number of piperazine rings is 1. The molecule has 7 heteroatoms. The van der Waals surface area contributed by atoms with Gasteiger partial charge < -0.3 is 20.0 Å². The molecule has 0 unspecified atom stereocenters. The smallest absolute Gasteiger partial charge is 0.407 e. The summed E-state index contributed by atoms with van der Waals surface area (Å²) in [5.74, 6) is 0.988. The van der Waals surface area contributed by atoms with E-state index in [4.69, 9.17) is 10.1 Å². The van der Waals surface area contributed by atoms with Gasteiger partial charge in [0.1, 0.15) is 11.6 Å². The molecular weight excluding hydrogens is 332 g/mol. The standard InChI is InChI=1S/C19H18N4O3/c24-15-4-1-13(2-5-15)14-3-6-16-17(11-14)21-18(12-20-16)22-7-9-23(10-8-22)19(25)26/h1-6,11-12,24H,7-10H2,(H,25,26). The van der Waals surface area contributed by atoms with E-state index in [0.717, 1.165) is 28.0 Å². The Labute approximate surface area is 150 Å². The van der Waals surface area contributed by atoms with Crippen molar-refractivity contribution in [3.05, 3.63) is 48.7 Å². The molecule has 132 valence electrons. The van der Waals surface area contributed by atoms with Gasteiger partial charge in [-0.25, -0.2) is 9.78 Å². The maximum Gasteiger partial charge on any atom is 0.407 e. The SMILES string of the molecule is O=C(O)N1CCN(c2cnc3ccc(-c4ccc(O)cc4)cc3n2)CC1. The van der Waals surface area contributed by atoms with E-state index in [1.807, 2.05) is 30.3 Å². The highest BCUT2D eigenvalue weighted by Gasteiger charge is 2.21. The maximum absolute atomic E-state index is 11.0. The molecule has 1 saturated heterocycles. The quantitative estimate of drug-likeness (QED) is 0.739. The van der Waals surface area contributed by atoms with Gasteiger partial charge in [-0.15, -0.1) is 0 Å². The van der Waals surface area contributed by atoms with Crippen LogP contribution in [0.3, 0.4) is 0 Å². The number of fused-ring (bicyclic) bond motifs is 1. The van der Waals surface area contributed by atoms with Gasteiger partial charge in [0.15, 0.2) is 0 Å². The number of hydrogen-bond donors (Lipinski definition) is 2. The first-order valence-electron chi connectivity index (χ1n) is 8.39. The van der Waals surface area contributed by atoms with E-state index < -0.39 is 6.09 Å². The lowest BCUT2D eigenvalue weighted by atomic mass is 10.0. The summed E-state index contributed by atoms with van der Waals surface area (Å²) >= 11 is 0. The number of aromatic nitrogens is 2. The van der Waals surface area contributed by atoms with E-state index in [-0.39, 0.29) is 5.75 Å². The molecule has 1 aliphatic rings. The van der Waals surface area contributed by atoms with Crippen LogP contribution in [0.2, 0.25) is 0 Å². The highest BCUT2D eigenvalue weighted by molar-refractivity contribution is 5.82. The predicted molar refractivity (Wildman–Crippen MR) is 98.4 cm³/mol. The van der Waals surface area contributed by atoms with Crippen LogP contribution in [0.25, 0.3) is 22.2 Å². The minimum Gasteiger partial charge on any atom is -0.508 e. The number of carboxylic acid groups (broad SMARTS) is 1. The highest BCUT2D eigenvalue weighted by atomic mass is 16.4. The first-order valence-corrected chi connectivity index (χ1v) is 8.39. The number of hydrogen-bond acceptors (Lipinski definition) is 5. The molecule has 3 aromatic rings. The van der Waals surface area contributed by atoms with Crippen molar-refractivity contribution < 1.29 is 15.0 Å². The number of nitrogens with zero attached hydrogens (tertiary/aromatic N) is 4. The lowest BCUT2D eigenvalue weighted by molar-refractivity contribution is 0.142. The van der Waals surface area contributed by atoms with Crippen LogP contribution in [-0.4, -0.2) is 57.4 Å². The van der Waals surface area contributed by atoms with Gasteiger partial charge in [0.05, 0.1) is 17.2 Å². The Morgan fingerprint density at radius 1 is 0.923 bits per heavy atom. The Morgan fingerprint density at radius 3 is 2.31 bits per heavy atom. The first-order chi connectivity index (χ1) is 12.6. The number of amides is 1. The highest BCUT2D eigenvalue weighted by Crippen LogP contribution is 2.25. The van der Waals surface area contributed by atoms with Crippen molar-refractivity contribution >= 4 is 22.9 Å². The van der Waals surface area contributed by atoms with Crippen molar-refractivity contribution in [3.63, 3.8) is 0 Å². The molecule has 0 aliphatic carbocycles. The van der Waals surface area contributed by atoms with Gasteiger partial charge in [-0.3, -0.25) is 4.98 Å². The van der Waals surface area contributed by atoms with Gasteiger partial charge in [0.2, 0.25) is 0 Å². The first kappa shape index (κ1) is 16.1. The largest absolute Gasteiger partial charge is 0.508 e. The molecule has 1 fully saturated rings. The second kappa shape index (κ2) is 6.51. The number of aromatic hydroxyl groups is 1. The molecule has 0 spiro atoms. The van der Waals surface area contributed by atoms with Crippen molar-refractivity contribution in [1.82, 2.24) is 14.9 Å². The third-order valence-corrected chi connectivity index (χ3v) is 4.60. The van der Waals surface area contributed by atoms with Crippen LogP contribution in [0, 0.1) is 0 Å². The molecule has 26 heavy (non-hydrogen) atoms. The molecule has 2 aromatic carbocycles.